The molecule has 0 atom stereocenters. The molecule has 0 aliphatic heterocycles. The van der Waals surface area contributed by atoms with Crippen molar-refractivity contribution in [3.8, 4) is 0 Å². The third kappa shape index (κ3) is 0.980. The number of aromatic nitrogens is 3. The highest BCUT2D eigenvalue weighted by Gasteiger charge is 1.92. The van der Waals surface area contributed by atoms with E-state index in [1.807, 2.05) is 0 Å². The van der Waals surface area contributed by atoms with Gasteiger partial charge in [0.2, 0.25) is 0 Å². The second-order valence-electron chi connectivity index (χ2n) is 2.23. The zero-order valence-electron chi connectivity index (χ0n) is 5.73. The van der Waals surface area contributed by atoms with Crippen LogP contribution in [0, 0.1) is 0 Å². The molecule has 0 spiro atoms. The smallest absolute Gasteiger partial charge is 0.123 e. The monoisotopic (exact) mass is 146 g/mol. The van der Waals surface area contributed by atoms with Crippen molar-refractivity contribution < 1.29 is 0 Å². The van der Waals surface area contributed by atoms with E-state index in [1.165, 1.54) is 0 Å². The van der Waals surface area contributed by atoms with E-state index in [0.29, 0.717) is 5.82 Å². The van der Waals surface area contributed by atoms with Crippen LogP contribution in [0.2, 0.25) is 0 Å². The first kappa shape index (κ1) is 6.03. The van der Waals surface area contributed by atoms with Crippen molar-refractivity contribution in [3.63, 3.8) is 0 Å². The van der Waals surface area contributed by atoms with Crippen LogP contribution in [0.25, 0.3) is 10.8 Å². The summed E-state index contributed by atoms with van der Waals surface area (Å²) in [5, 5.41) is 9.35. The largest absolute Gasteiger partial charge is 0.384 e. The van der Waals surface area contributed by atoms with Crippen molar-refractivity contribution in [1.82, 2.24) is 15.2 Å². The van der Waals surface area contributed by atoms with Gasteiger partial charge >= 0.3 is 0 Å². The molecule has 2 aromatic heterocycles. The molecule has 4 nitrogen and oxygen atoms in total. The molecule has 0 amide bonds. The third-order valence-corrected chi connectivity index (χ3v) is 1.45. The van der Waals surface area contributed by atoms with Crippen LogP contribution in [0.4, 0.5) is 5.82 Å². The van der Waals surface area contributed by atoms with Crippen molar-refractivity contribution in [2.75, 3.05) is 5.73 Å². The summed E-state index contributed by atoms with van der Waals surface area (Å²) in [7, 11) is 0. The van der Waals surface area contributed by atoms with E-state index in [4.69, 9.17) is 5.73 Å². The van der Waals surface area contributed by atoms with E-state index >= 15 is 0 Å². The summed E-state index contributed by atoms with van der Waals surface area (Å²) < 4.78 is 0. The van der Waals surface area contributed by atoms with Crippen LogP contribution in [-0.2, 0) is 0 Å². The summed E-state index contributed by atoms with van der Waals surface area (Å²) >= 11 is 0. The molecule has 2 heterocycles. The lowest BCUT2D eigenvalue weighted by molar-refractivity contribution is 1.05. The average Bonchev–Trinajstić information content (AvgIpc) is 2.04. The minimum atomic E-state index is 0.505. The zero-order valence-corrected chi connectivity index (χ0v) is 5.73. The first-order valence-corrected chi connectivity index (χ1v) is 3.18. The van der Waals surface area contributed by atoms with Gasteiger partial charge in [0.15, 0.2) is 0 Å². The highest BCUT2D eigenvalue weighted by atomic mass is 15.1. The lowest BCUT2D eigenvalue weighted by atomic mass is 10.2. The minimum Gasteiger partial charge on any atom is -0.384 e. The molecule has 0 unspecified atom stereocenters. The lowest BCUT2D eigenvalue weighted by Crippen LogP contribution is -1.89. The maximum absolute atomic E-state index is 5.46. The Morgan fingerprint density at radius 1 is 1.00 bits per heavy atom. The highest BCUT2D eigenvalue weighted by molar-refractivity contribution is 5.81. The van der Waals surface area contributed by atoms with Crippen LogP contribution in [0.5, 0.6) is 0 Å². The standard InChI is InChI=1S/C7H6N4/c8-7-1-5-3-10-11-4-6(5)2-9-7/h1-4H,(H2,8,9). The molecular weight excluding hydrogens is 140 g/mol. The van der Waals surface area contributed by atoms with Gasteiger partial charge in [-0.3, -0.25) is 0 Å². The number of nitrogen functional groups attached to an aromatic ring is 1. The SMILES string of the molecule is Nc1cc2cnncc2cn1. The number of nitrogens with two attached hydrogens (primary N) is 1. The predicted octanol–water partition coefficient (Wildman–Crippen LogP) is 0.607. The molecule has 0 fully saturated rings. The van der Waals surface area contributed by atoms with Gasteiger partial charge in [0.05, 0.1) is 12.4 Å². The van der Waals surface area contributed by atoms with E-state index in [-0.39, 0.29) is 0 Å². The summed E-state index contributed by atoms with van der Waals surface area (Å²) in [5.74, 6) is 0.505. The molecule has 4 heteroatoms. The van der Waals surface area contributed by atoms with Crippen molar-refractivity contribution in [2.45, 2.75) is 0 Å². The molecular formula is C7H6N4. The second-order valence-corrected chi connectivity index (χ2v) is 2.23. The van der Waals surface area contributed by atoms with Gasteiger partial charge in [0.1, 0.15) is 5.82 Å². The summed E-state index contributed by atoms with van der Waals surface area (Å²) in [6.07, 6.45) is 4.99. The zero-order chi connectivity index (χ0) is 7.68. The molecule has 0 radical (unpaired) electrons. The summed E-state index contributed by atoms with van der Waals surface area (Å²) in [6, 6.07) is 1.77. The third-order valence-electron chi connectivity index (χ3n) is 1.45. The van der Waals surface area contributed by atoms with Gasteiger partial charge in [-0.05, 0) is 6.07 Å². The van der Waals surface area contributed by atoms with E-state index < -0.39 is 0 Å². The normalized spacial score (nSPS) is 10.2. The molecule has 2 aromatic rings. The van der Waals surface area contributed by atoms with Crippen LogP contribution < -0.4 is 5.73 Å². The van der Waals surface area contributed by atoms with Crippen molar-refractivity contribution in [1.29, 1.82) is 0 Å². The van der Waals surface area contributed by atoms with E-state index in [1.54, 1.807) is 24.7 Å². The Labute approximate surface area is 63.1 Å². The van der Waals surface area contributed by atoms with Gasteiger partial charge in [-0.1, -0.05) is 0 Å². The molecule has 54 valence electrons. The maximum atomic E-state index is 5.46. The average molecular weight is 146 g/mol. The predicted molar refractivity (Wildman–Crippen MR) is 41.7 cm³/mol. The Morgan fingerprint density at radius 2 is 1.73 bits per heavy atom. The number of fused-ring (bicyclic) bond motifs is 1. The van der Waals surface area contributed by atoms with Crippen LogP contribution >= 0.6 is 0 Å². The number of hydrogen-bond acceptors (Lipinski definition) is 4. The number of anilines is 1. The van der Waals surface area contributed by atoms with Gasteiger partial charge in [0.25, 0.3) is 0 Å². The van der Waals surface area contributed by atoms with Gasteiger partial charge in [0, 0.05) is 17.0 Å². The summed E-state index contributed by atoms with van der Waals surface area (Å²) in [6.45, 7) is 0. The quantitative estimate of drug-likeness (QED) is 0.591. The molecule has 0 aliphatic carbocycles. The van der Waals surface area contributed by atoms with Crippen LogP contribution in [0.1, 0.15) is 0 Å². The fourth-order valence-corrected chi connectivity index (χ4v) is 0.909. The molecule has 11 heavy (non-hydrogen) atoms. The number of pyridine rings is 1. The van der Waals surface area contributed by atoms with Crippen molar-refractivity contribution >= 4 is 16.6 Å². The molecule has 0 aromatic carbocycles. The first-order valence-electron chi connectivity index (χ1n) is 3.18. The maximum Gasteiger partial charge on any atom is 0.123 e. The van der Waals surface area contributed by atoms with Crippen molar-refractivity contribution in [2.24, 2.45) is 0 Å². The van der Waals surface area contributed by atoms with Gasteiger partial charge in [-0.25, -0.2) is 4.98 Å². The Balaban J connectivity index is 2.83. The highest BCUT2D eigenvalue weighted by Crippen LogP contribution is 2.10. The number of rotatable bonds is 0. The molecule has 0 saturated carbocycles. The Bertz CT molecular complexity index is 385. The van der Waals surface area contributed by atoms with E-state index in [2.05, 4.69) is 15.2 Å². The molecule has 0 saturated heterocycles. The van der Waals surface area contributed by atoms with Crippen LogP contribution in [0.15, 0.2) is 24.7 Å². The van der Waals surface area contributed by atoms with Crippen LogP contribution in [0.3, 0.4) is 0 Å². The van der Waals surface area contributed by atoms with Gasteiger partial charge in [-0.2, -0.15) is 10.2 Å². The molecule has 0 aliphatic rings. The van der Waals surface area contributed by atoms with E-state index in [9.17, 15) is 0 Å². The first-order chi connectivity index (χ1) is 5.36. The Kier molecular flexibility index (Phi) is 1.18. The number of nitrogens with zero attached hydrogens (tertiary/aromatic N) is 3. The molecule has 0 bridgehead atoms. The second kappa shape index (κ2) is 2.16. The fourth-order valence-electron chi connectivity index (χ4n) is 0.909. The number of hydrogen-bond donors (Lipinski definition) is 1. The fraction of sp³-hybridized carbons (Fsp3) is 0. The molecule has 2 rings (SSSR count). The molecule has 2 N–H and O–H groups in total. The Morgan fingerprint density at radius 3 is 2.55 bits per heavy atom. The van der Waals surface area contributed by atoms with Crippen LogP contribution in [-0.4, -0.2) is 15.2 Å². The van der Waals surface area contributed by atoms with Crippen molar-refractivity contribution in [3.05, 3.63) is 24.7 Å². The summed E-state index contributed by atoms with van der Waals surface area (Å²) in [4.78, 5) is 3.92. The minimum absolute atomic E-state index is 0.505. The Hall–Kier alpha value is -1.71. The lowest BCUT2D eigenvalue weighted by Gasteiger charge is -1.94. The summed E-state index contributed by atoms with van der Waals surface area (Å²) in [5.41, 5.74) is 5.46. The van der Waals surface area contributed by atoms with Gasteiger partial charge in [-0.15, -0.1) is 0 Å². The van der Waals surface area contributed by atoms with E-state index in [0.717, 1.165) is 10.8 Å². The van der Waals surface area contributed by atoms with Gasteiger partial charge < -0.3 is 5.73 Å². The topological polar surface area (TPSA) is 64.7 Å².